The van der Waals surface area contributed by atoms with Gasteiger partial charge < -0.3 is 0 Å². The molecule has 0 saturated carbocycles. The molecule has 0 saturated heterocycles. The summed E-state index contributed by atoms with van der Waals surface area (Å²) in [4.78, 5) is 0. The molecule has 0 N–H and O–H groups in total. The molecule has 1 atom stereocenters. The SMILES string of the molecule is Clc1ccccc1CC(Cl)c1cc(Br)ccc1I. The Morgan fingerprint density at radius 1 is 1.17 bits per heavy atom. The van der Waals surface area contributed by atoms with E-state index < -0.39 is 0 Å². The highest BCUT2D eigenvalue weighted by atomic mass is 127. The Kier molecular flexibility index (Phi) is 5.36. The van der Waals surface area contributed by atoms with Crippen LogP contribution in [0.2, 0.25) is 5.02 Å². The molecule has 0 spiro atoms. The van der Waals surface area contributed by atoms with Gasteiger partial charge in [0.25, 0.3) is 0 Å². The fourth-order valence-corrected chi connectivity index (χ4v) is 3.56. The van der Waals surface area contributed by atoms with Gasteiger partial charge in [0.15, 0.2) is 0 Å². The second-order valence-corrected chi connectivity index (χ2v) is 6.94. The molecule has 0 heterocycles. The Bertz CT molecular complexity index is 557. The molecule has 0 aliphatic heterocycles. The zero-order valence-electron chi connectivity index (χ0n) is 9.34. The second-order valence-electron chi connectivity index (χ2n) is 3.93. The summed E-state index contributed by atoms with van der Waals surface area (Å²) < 4.78 is 2.21. The minimum atomic E-state index is -0.0747. The lowest BCUT2D eigenvalue weighted by Crippen LogP contribution is -1.99. The first kappa shape index (κ1) is 14.6. The second kappa shape index (κ2) is 6.60. The molecule has 0 nitrogen and oxygen atoms in total. The highest BCUT2D eigenvalue weighted by Gasteiger charge is 2.14. The third kappa shape index (κ3) is 3.62. The molecule has 0 aliphatic rings. The monoisotopic (exact) mass is 454 g/mol. The van der Waals surface area contributed by atoms with Crippen molar-refractivity contribution in [3.63, 3.8) is 0 Å². The normalized spacial score (nSPS) is 12.4. The van der Waals surface area contributed by atoms with Gasteiger partial charge in [-0.05, 0) is 64.4 Å². The standard InChI is InChI=1S/C14H10BrCl2I/c15-10-5-6-14(18)11(8-10)13(17)7-9-3-1-2-4-12(9)16/h1-6,8,13H,7H2. The van der Waals surface area contributed by atoms with Crippen molar-refractivity contribution in [1.29, 1.82) is 0 Å². The minimum Gasteiger partial charge on any atom is -0.117 e. The lowest BCUT2D eigenvalue weighted by Gasteiger charge is -2.13. The maximum atomic E-state index is 6.51. The van der Waals surface area contributed by atoms with Crippen LogP contribution >= 0.6 is 61.7 Å². The number of hydrogen-bond acceptors (Lipinski definition) is 0. The van der Waals surface area contributed by atoms with Crippen molar-refractivity contribution in [3.05, 3.63) is 66.7 Å². The highest BCUT2D eigenvalue weighted by Crippen LogP contribution is 2.32. The van der Waals surface area contributed by atoms with Crippen molar-refractivity contribution >= 4 is 61.7 Å². The average Bonchev–Trinajstić information content (AvgIpc) is 2.35. The van der Waals surface area contributed by atoms with Crippen LogP contribution < -0.4 is 0 Å². The quantitative estimate of drug-likeness (QED) is 0.380. The van der Waals surface area contributed by atoms with E-state index in [1.54, 1.807) is 0 Å². The molecule has 2 aromatic rings. The van der Waals surface area contributed by atoms with Gasteiger partial charge in [0, 0.05) is 13.1 Å². The smallest absolute Gasteiger partial charge is 0.0636 e. The molecule has 0 radical (unpaired) electrons. The molecular formula is C14H10BrCl2I. The summed E-state index contributed by atoms with van der Waals surface area (Å²) >= 11 is 18.4. The minimum absolute atomic E-state index is 0.0747. The molecule has 0 fully saturated rings. The number of benzene rings is 2. The summed E-state index contributed by atoms with van der Waals surface area (Å²) in [5.41, 5.74) is 2.21. The van der Waals surface area contributed by atoms with Crippen LogP contribution in [0.5, 0.6) is 0 Å². The summed E-state index contributed by atoms with van der Waals surface area (Å²) in [5, 5.41) is 0.697. The first-order valence-electron chi connectivity index (χ1n) is 5.40. The van der Waals surface area contributed by atoms with Gasteiger partial charge in [-0.3, -0.25) is 0 Å². The van der Waals surface area contributed by atoms with E-state index in [9.17, 15) is 0 Å². The van der Waals surface area contributed by atoms with Crippen molar-refractivity contribution in [2.75, 3.05) is 0 Å². The van der Waals surface area contributed by atoms with E-state index in [4.69, 9.17) is 23.2 Å². The molecule has 2 aromatic carbocycles. The lowest BCUT2D eigenvalue weighted by atomic mass is 10.0. The van der Waals surface area contributed by atoms with Crippen molar-refractivity contribution in [3.8, 4) is 0 Å². The largest absolute Gasteiger partial charge is 0.117 e. The van der Waals surface area contributed by atoms with Gasteiger partial charge in [-0.25, -0.2) is 0 Å². The zero-order valence-corrected chi connectivity index (χ0v) is 14.6. The van der Waals surface area contributed by atoms with Gasteiger partial charge >= 0.3 is 0 Å². The topological polar surface area (TPSA) is 0 Å². The Hall–Kier alpha value is 0.230. The maximum Gasteiger partial charge on any atom is 0.0636 e. The average molecular weight is 456 g/mol. The van der Waals surface area contributed by atoms with Crippen molar-refractivity contribution in [1.82, 2.24) is 0 Å². The van der Waals surface area contributed by atoms with Crippen LogP contribution in [-0.2, 0) is 6.42 Å². The lowest BCUT2D eigenvalue weighted by molar-refractivity contribution is 0.913. The first-order chi connectivity index (χ1) is 8.58. The molecular weight excluding hydrogens is 446 g/mol. The van der Waals surface area contributed by atoms with Crippen LogP contribution in [-0.4, -0.2) is 0 Å². The summed E-state index contributed by atoms with van der Waals surface area (Å²) in [5.74, 6) is 0. The number of hydrogen-bond donors (Lipinski definition) is 0. The van der Waals surface area contributed by atoms with E-state index in [1.807, 2.05) is 30.3 Å². The summed E-state index contributed by atoms with van der Waals surface area (Å²) in [6, 6.07) is 14.0. The van der Waals surface area contributed by atoms with Gasteiger partial charge in [-0.15, -0.1) is 11.6 Å². The molecule has 0 aromatic heterocycles. The summed E-state index contributed by atoms with van der Waals surface area (Å²) in [6.07, 6.45) is 0.730. The van der Waals surface area contributed by atoms with Crippen LogP contribution in [0.4, 0.5) is 0 Å². The molecule has 18 heavy (non-hydrogen) atoms. The van der Waals surface area contributed by atoms with Crippen LogP contribution in [0.15, 0.2) is 46.9 Å². The molecule has 1 unspecified atom stereocenters. The van der Waals surface area contributed by atoms with Crippen LogP contribution in [0.1, 0.15) is 16.5 Å². The van der Waals surface area contributed by atoms with Gasteiger partial charge in [-0.2, -0.15) is 0 Å². The molecule has 2 rings (SSSR count). The van der Waals surface area contributed by atoms with E-state index in [-0.39, 0.29) is 5.38 Å². The van der Waals surface area contributed by atoms with E-state index >= 15 is 0 Å². The van der Waals surface area contributed by atoms with E-state index in [0.29, 0.717) is 0 Å². The van der Waals surface area contributed by atoms with Gasteiger partial charge in [0.2, 0.25) is 0 Å². The number of halogens is 4. The molecule has 0 amide bonds. The molecule has 0 bridgehead atoms. The van der Waals surface area contributed by atoms with Crippen molar-refractivity contribution in [2.24, 2.45) is 0 Å². The maximum absolute atomic E-state index is 6.51. The number of alkyl halides is 1. The highest BCUT2D eigenvalue weighted by molar-refractivity contribution is 14.1. The fraction of sp³-hybridized carbons (Fsp3) is 0.143. The zero-order chi connectivity index (χ0) is 13.1. The van der Waals surface area contributed by atoms with Crippen LogP contribution in [0.25, 0.3) is 0 Å². The fourth-order valence-electron chi connectivity index (χ4n) is 1.72. The Morgan fingerprint density at radius 3 is 2.61 bits per heavy atom. The Labute approximate surface area is 139 Å². The molecule has 0 aliphatic carbocycles. The van der Waals surface area contributed by atoms with Gasteiger partial charge in [-0.1, -0.05) is 45.7 Å². The molecule has 94 valence electrons. The third-order valence-corrected chi connectivity index (χ3v) is 4.89. The number of rotatable bonds is 3. The van der Waals surface area contributed by atoms with Crippen molar-refractivity contribution in [2.45, 2.75) is 11.8 Å². The van der Waals surface area contributed by atoms with E-state index in [0.717, 1.165) is 27.0 Å². The first-order valence-corrected chi connectivity index (χ1v) is 8.09. The van der Waals surface area contributed by atoms with Crippen LogP contribution in [0, 0.1) is 3.57 Å². The predicted octanol–water partition coefficient (Wildman–Crippen LogP) is 6.23. The van der Waals surface area contributed by atoms with Crippen LogP contribution in [0.3, 0.4) is 0 Å². The van der Waals surface area contributed by atoms with Gasteiger partial charge in [0.05, 0.1) is 5.38 Å². The van der Waals surface area contributed by atoms with E-state index in [1.165, 1.54) is 3.57 Å². The predicted molar refractivity (Wildman–Crippen MR) is 90.6 cm³/mol. The summed E-state index contributed by atoms with van der Waals surface area (Å²) in [6.45, 7) is 0. The Morgan fingerprint density at radius 2 is 1.89 bits per heavy atom. The third-order valence-electron chi connectivity index (χ3n) is 2.65. The summed E-state index contributed by atoms with van der Waals surface area (Å²) in [7, 11) is 0. The van der Waals surface area contributed by atoms with E-state index in [2.05, 4.69) is 50.7 Å². The Balaban J connectivity index is 2.25. The van der Waals surface area contributed by atoms with Gasteiger partial charge in [0.1, 0.15) is 0 Å². The molecule has 4 heteroatoms. The van der Waals surface area contributed by atoms with Crippen molar-refractivity contribution < 1.29 is 0 Å².